The third kappa shape index (κ3) is 9.39. The zero-order valence-electron chi connectivity index (χ0n) is 23.7. The molecule has 0 heterocycles. The molecule has 3 atom stereocenters. The van der Waals surface area contributed by atoms with Gasteiger partial charge in [0, 0.05) is 18.5 Å². The molecule has 2 aromatic rings. The maximum absolute atomic E-state index is 14.2. The van der Waals surface area contributed by atoms with E-state index in [2.05, 4.69) is 17.6 Å². The summed E-state index contributed by atoms with van der Waals surface area (Å²) in [6.07, 6.45) is 1.15. The molecule has 0 radical (unpaired) electrons. The normalized spacial score (nSPS) is 13.8. The topological polar surface area (TPSA) is 108 Å². The first kappa shape index (κ1) is 30.7. The van der Waals surface area contributed by atoms with E-state index in [0.717, 1.165) is 18.4 Å². The van der Waals surface area contributed by atoms with Crippen molar-refractivity contribution >= 4 is 17.9 Å². The van der Waals surface area contributed by atoms with Gasteiger partial charge in [-0.25, -0.2) is 4.79 Å². The Kier molecular flexibility index (Phi) is 11.2. The van der Waals surface area contributed by atoms with E-state index < -0.39 is 29.7 Å². The number of alkyl carbamates (subject to hydrolysis) is 1. The molecule has 8 heteroatoms. The molecule has 8 nitrogen and oxygen atoms in total. The highest BCUT2D eigenvalue weighted by Crippen LogP contribution is 2.26. The van der Waals surface area contributed by atoms with E-state index in [1.54, 1.807) is 32.9 Å². The minimum atomic E-state index is -1.01. The summed E-state index contributed by atoms with van der Waals surface area (Å²) in [7, 11) is 0. The fraction of sp³-hybridized carbons (Fsp3) is 0.500. The Morgan fingerprint density at radius 3 is 2.08 bits per heavy atom. The molecular formula is C30H43N3O5. The van der Waals surface area contributed by atoms with Gasteiger partial charge in [0.1, 0.15) is 23.4 Å². The lowest BCUT2D eigenvalue weighted by Crippen LogP contribution is -2.56. The quantitative estimate of drug-likeness (QED) is 0.378. The molecule has 2 aromatic carbocycles. The van der Waals surface area contributed by atoms with Crippen LogP contribution in [0.1, 0.15) is 78.5 Å². The van der Waals surface area contributed by atoms with Gasteiger partial charge in [-0.05, 0) is 71.2 Å². The van der Waals surface area contributed by atoms with E-state index in [1.165, 1.54) is 17.0 Å². The molecule has 3 N–H and O–H groups in total. The Bertz CT molecular complexity index is 1050. The van der Waals surface area contributed by atoms with Gasteiger partial charge in [-0.3, -0.25) is 9.59 Å². The molecular weight excluding hydrogens is 482 g/mol. The Labute approximate surface area is 226 Å². The van der Waals surface area contributed by atoms with Crippen LogP contribution in [0.5, 0.6) is 5.75 Å². The number of nitrogens with one attached hydrogen (secondary N) is 2. The number of amides is 3. The summed E-state index contributed by atoms with van der Waals surface area (Å²) in [5, 5.41) is 15.5. The van der Waals surface area contributed by atoms with Gasteiger partial charge in [-0.15, -0.1) is 0 Å². The molecule has 0 aliphatic rings. The van der Waals surface area contributed by atoms with Crippen LogP contribution in [0.2, 0.25) is 0 Å². The van der Waals surface area contributed by atoms with Gasteiger partial charge in [0.2, 0.25) is 11.8 Å². The van der Waals surface area contributed by atoms with Crippen LogP contribution in [0.15, 0.2) is 54.6 Å². The molecule has 0 spiro atoms. The van der Waals surface area contributed by atoms with Crippen molar-refractivity contribution in [1.29, 1.82) is 0 Å². The van der Waals surface area contributed by atoms with Gasteiger partial charge in [-0.2, -0.15) is 0 Å². The summed E-state index contributed by atoms with van der Waals surface area (Å²) >= 11 is 0. The summed E-state index contributed by atoms with van der Waals surface area (Å²) < 4.78 is 5.45. The van der Waals surface area contributed by atoms with E-state index >= 15 is 0 Å². The van der Waals surface area contributed by atoms with Crippen molar-refractivity contribution in [1.82, 2.24) is 15.5 Å². The van der Waals surface area contributed by atoms with E-state index in [0.29, 0.717) is 5.56 Å². The number of ether oxygens (including phenoxy) is 1. The van der Waals surface area contributed by atoms with Crippen LogP contribution in [0, 0.1) is 0 Å². The van der Waals surface area contributed by atoms with Crippen LogP contribution in [0.3, 0.4) is 0 Å². The average molecular weight is 526 g/mol. The van der Waals surface area contributed by atoms with E-state index in [4.69, 9.17) is 4.74 Å². The van der Waals surface area contributed by atoms with Crippen molar-refractivity contribution in [3.05, 3.63) is 65.7 Å². The Hall–Kier alpha value is -3.55. The monoisotopic (exact) mass is 525 g/mol. The highest BCUT2D eigenvalue weighted by atomic mass is 16.6. The van der Waals surface area contributed by atoms with Crippen molar-refractivity contribution in [3.63, 3.8) is 0 Å². The fourth-order valence-electron chi connectivity index (χ4n) is 4.28. The van der Waals surface area contributed by atoms with Gasteiger partial charge in [0.15, 0.2) is 0 Å². The number of hydrogen-bond acceptors (Lipinski definition) is 5. The van der Waals surface area contributed by atoms with Crippen LogP contribution < -0.4 is 10.6 Å². The maximum atomic E-state index is 14.2. The molecule has 0 bridgehead atoms. The third-order valence-corrected chi connectivity index (χ3v) is 5.93. The second-order valence-corrected chi connectivity index (χ2v) is 10.9. The Morgan fingerprint density at radius 2 is 1.55 bits per heavy atom. The number of rotatable bonds is 11. The predicted molar refractivity (Wildman–Crippen MR) is 149 cm³/mol. The molecule has 0 saturated heterocycles. The number of carbonyl (C=O) groups is 3. The van der Waals surface area contributed by atoms with Gasteiger partial charge in [0.05, 0.1) is 0 Å². The maximum Gasteiger partial charge on any atom is 0.408 e. The molecule has 208 valence electrons. The van der Waals surface area contributed by atoms with Crippen LogP contribution in [-0.2, 0) is 20.7 Å². The number of benzene rings is 2. The SMILES string of the molecule is CCCC(C)NC(=O)C(c1ccccc1)N(C(=O)C(Cc1ccc(O)cc1)NC(=O)OC(C)(C)C)C(C)C. The lowest BCUT2D eigenvalue weighted by molar-refractivity contribution is -0.144. The molecule has 3 unspecified atom stereocenters. The highest BCUT2D eigenvalue weighted by molar-refractivity contribution is 5.92. The van der Waals surface area contributed by atoms with Crippen LogP contribution in [0.4, 0.5) is 4.79 Å². The lowest BCUT2D eigenvalue weighted by atomic mass is 9.98. The molecule has 0 aliphatic heterocycles. The van der Waals surface area contributed by atoms with E-state index in [1.807, 2.05) is 51.1 Å². The number of phenols is 1. The standard InChI is InChI=1S/C30H43N3O5/c1-8-12-21(4)31-27(35)26(23-13-10-9-11-14-23)33(20(2)3)28(36)25(32-29(37)38-30(5,6)7)19-22-15-17-24(34)18-16-22/h9-11,13-18,20-21,25-26,34H,8,12,19H2,1-7H3,(H,31,35)(H,32,37). The number of phenolic OH excluding ortho intramolecular Hbond substituents is 1. The molecule has 2 rings (SSSR count). The van der Waals surface area contributed by atoms with E-state index in [9.17, 15) is 19.5 Å². The average Bonchev–Trinajstić information content (AvgIpc) is 2.82. The third-order valence-electron chi connectivity index (χ3n) is 5.93. The van der Waals surface area contributed by atoms with Crippen LogP contribution in [-0.4, -0.2) is 51.6 Å². The molecule has 0 saturated carbocycles. The zero-order chi connectivity index (χ0) is 28.5. The van der Waals surface area contributed by atoms with Crippen molar-refractivity contribution in [3.8, 4) is 5.75 Å². The van der Waals surface area contributed by atoms with Crippen molar-refractivity contribution in [2.45, 2.75) is 97.5 Å². The smallest absolute Gasteiger partial charge is 0.408 e. The first-order valence-corrected chi connectivity index (χ1v) is 13.3. The van der Waals surface area contributed by atoms with Crippen molar-refractivity contribution in [2.24, 2.45) is 0 Å². The molecule has 0 aliphatic carbocycles. The van der Waals surface area contributed by atoms with Gasteiger partial charge in [-0.1, -0.05) is 55.8 Å². The van der Waals surface area contributed by atoms with Crippen LogP contribution in [0.25, 0.3) is 0 Å². The van der Waals surface area contributed by atoms with Crippen molar-refractivity contribution < 1.29 is 24.2 Å². The molecule has 38 heavy (non-hydrogen) atoms. The molecule has 0 aromatic heterocycles. The minimum absolute atomic E-state index is 0.0597. The number of aromatic hydroxyl groups is 1. The molecule has 3 amide bonds. The highest BCUT2D eigenvalue weighted by Gasteiger charge is 2.38. The first-order chi connectivity index (χ1) is 17.8. The second-order valence-electron chi connectivity index (χ2n) is 10.9. The lowest BCUT2D eigenvalue weighted by Gasteiger charge is -2.37. The largest absolute Gasteiger partial charge is 0.508 e. The summed E-state index contributed by atoms with van der Waals surface area (Å²) in [4.78, 5) is 42.2. The molecule has 0 fully saturated rings. The first-order valence-electron chi connectivity index (χ1n) is 13.3. The predicted octanol–water partition coefficient (Wildman–Crippen LogP) is 5.11. The number of carbonyl (C=O) groups excluding carboxylic acids is 3. The fourth-order valence-corrected chi connectivity index (χ4v) is 4.28. The van der Waals surface area contributed by atoms with Crippen LogP contribution >= 0.6 is 0 Å². The summed E-state index contributed by atoms with van der Waals surface area (Å²) in [6, 6.07) is 13.3. The summed E-state index contributed by atoms with van der Waals surface area (Å²) in [5.41, 5.74) is 0.658. The number of nitrogens with zero attached hydrogens (tertiary/aromatic N) is 1. The number of hydrogen-bond donors (Lipinski definition) is 3. The Balaban J connectivity index is 2.50. The minimum Gasteiger partial charge on any atom is -0.508 e. The van der Waals surface area contributed by atoms with E-state index in [-0.39, 0.29) is 30.2 Å². The van der Waals surface area contributed by atoms with Gasteiger partial charge in [0.25, 0.3) is 0 Å². The van der Waals surface area contributed by atoms with Gasteiger partial charge >= 0.3 is 6.09 Å². The summed E-state index contributed by atoms with van der Waals surface area (Å²) in [5.74, 6) is -0.589. The zero-order valence-corrected chi connectivity index (χ0v) is 23.7. The van der Waals surface area contributed by atoms with Crippen molar-refractivity contribution in [2.75, 3.05) is 0 Å². The Morgan fingerprint density at radius 1 is 0.947 bits per heavy atom. The summed E-state index contributed by atoms with van der Waals surface area (Å²) in [6.45, 7) is 12.9. The van der Waals surface area contributed by atoms with Gasteiger partial charge < -0.3 is 25.4 Å². The second kappa shape index (κ2) is 13.8.